The van der Waals surface area contributed by atoms with Crippen LogP contribution in [0.5, 0.6) is 11.5 Å². The van der Waals surface area contributed by atoms with Crippen molar-refractivity contribution >= 4 is 22.8 Å². The van der Waals surface area contributed by atoms with Gasteiger partial charge in [-0.15, -0.1) is 5.10 Å². The minimum Gasteiger partial charge on any atom is -0.508 e. The molecule has 0 aliphatic carbocycles. The minimum absolute atomic E-state index is 0.0709. The van der Waals surface area contributed by atoms with Crippen LogP contribution in [0.3, 0.4) is 0 Å². The fourth-order valence-corrected chi connectivity index (χ4v) is 4.16. The second-order valence-corrected chi connectivity index (χ2v) is 9.83. The number of nitrogens with one attached hydrogen (secondary N) is 1. The molecule has 1 heterocycles. The Balaban J connectivity index is 1.78. The number of carbonyl (C=O) groups is 2. The SMILES string of the molecule is CCC(C)(C)NC(=O)C(c1ccc(O)cc1)N(Cc1cccc(OC)c1)C(=O)Cn1nnc2ccccc21. The molecule has 0 fully saturated rings. The van der Waals surface area contributed by atoms with Crippen LogP contribution in [0.4, 0.5) is 0 Å². The number of aromatic nitrogens is 3. The highest BCUT2D eigenvalue weighted by atomic mass is 16.5. The molecule has 4 rings (SSSR count). The van der Waals surface area contributed by atoms with Crippen LogP contribution in [0.25, 0.3) is 11.0 Å². The van der Waals surface area contributed by atoms with Gasteiger partial charge in [0.1, 0.15) is 29.6 Å². The molecule has 9 heteroatoms. The number of fused-ring (bicyclic) bond motifs is 1. The number of amides is 2. The quantitative estimate of drug-likeness (QED) is 0.327. The van der Waals surface area contributed by atoms with Gasteiger partial charge in [-0.1, -0.05) is 48.5 Å². The lowest BCUT2D eigenvalue weighted by atomic mass is 9.98. The van der Waals surface area contributed by atoms with Gasteiger partial charge in [0.25, 0.3) is 0 Å². The molecule has 3 aromatic carbocycles. The Kier molecular flexibility index (Phi) is 7.95. The van der Waals surface area contributed by atoms with E-state index in [4.69, 9.17) is 4.74 Å². The fraction of sp³-hybridized carbons (Fsp3) is 0.310. The maximum Gasteiger partial charge on any atom is 0.247 e. The lowest BCUT2D eigenvalue weighted by molar-refractivity contribution is -0.143. The Morgan fingerprint density at radius 1 is 1.08 bits per heavy atom. The molecule has 0 saturated heterocycles. The molecule has 0 aliphatic rings. The molecule has 2 N–H and O–H groups in total. The fourth-order valence-electron chi connectivity index (χ4n) is 4.16. The molecule has 198 valence electrons. The Morgan fingerprint density at radius 2 is 1.82 bits per heavy atom. The first-order valence-electron chi connectivity index (χ1n) is 12.5. The third-order valence-corrected chi connectivity index (χ3v) is 6.63. The van der Waals surface area contributed by atoms with Crippen molar-refractivity contribution in [1.82, 2.24) is 25.2 Å². The topological polar surface area (TPSA) is 110 Å². The molecule has 0 aliphatic heterocycles. The molecule has 0 bridgehead atoms. The van der Waals surface area contributed by atoms with Crippen LogP contribution in [0, 0.1) is 0 Å². The van der Waals surface area contributed by atoms with Gasteiger partial charge in [0.05, 0.1) is 12.6 Å². The van der Waals surface area contributed by atoms with Gasteiger partial charge in [0.15, 0.2) is 0 Å². The van der Waals surface area contributed by atoms with Gasteiger partial charge in [-0.2, -0.15) is 0 Å². The molecular formula is C29H33N5O4. The molecule has 1 atom stereocenters. The average molecular weight is 516 g/mol. The van der Waals surface area contributed by atoms with Gasteiger partial charge in [0.2, 0.25) is 11.8 Å². The summed E-state index contributed by atoms with van der Waals surface area (Å²) in [5.74, 6) is 0.0877. The van der Waals surface area contributed by atoms with Crippen molar-refractivity contribution in [2.75, 3.05) is 7.11 Å². The first kappa shape index (κ1) is 26.7. The number of phenols is 1. The first-order chi connectivity index (χ1) is 18.2. The largest absolute Gasteiger partial charge is 0.508 e. The Bertz CT molecular complexity index is 1410. The number of para-hydroxylation sites is 1. The lowest BCUT2D eigenvalue weighted by Gasteiger charge is -2.34. The highest BCUT2D eigenvalue weighted by molar-refractivity contribution is 5.89. The second kappa shape index (κ2) is 11.3. The number of hydrogen-bond acceptors (Lipinski definition) is 6. The van der Waals surface area contributed by atoms with Gasteiger partial charge in [0, 0.05) is 12.1 Å². The summed E-state index contributed by atoms with van der Waals surface area (Å²) in [6.07, 6.45) is 0.704. The Morgan fingerprint density at radius 3 is 2.53 bits per heavy atom. The van der Waals surface area contributed by atoms with Crippen molar-refractivity contribution in [3.63, 3.8) is 0 Å². The summed E-state index contributed by atoms with van der Waals surface area (Å²) in [7, 11) is 1.58. The van der Waals surface area contributed by atoms with Crippen molar-refractivity contribution in [3.8, 4) is 11.5 Å². The zero-order valence-corrected chi connectivity index (χ0v) is 22.1. The lowest BCUT2D eigenvalue weighted by Crippen LogP contribution is -2.50. The third kappa shape index (κ3) is 6.11. The number of ether oxygens (including phenoxy) is 1. The number of carbonyl (C=O) groups excluding carboxylic acids is 2. The molecule has 9 nitrogen and oxygen atoms in total. The van der Waals surface area contributed by atoms with Gasteiger partial charge < -0.3 is 20.1 Å². The van der Waals surface area contributed by atoms with E-state index in [1.807, 2.05) is 69.3 Å². The smallest absolute Gasteiger partial charge is 0.247 e. The number of hydrogen-bond donors (Lipinski definition) is 2. The maximum absolute atomic E-state index is 14.0. The van der Waals surface area contributed by atoms with Crippen molar-refractivity contribution in [2.45, 2.75) is 51.9 Å². The Hall–Kier alpha value is -4.40. The van der Waals surface area contributed by atoms with Crippen LogP contribution in [0.1, 0.15) is 44.4 Å². The minimum atomic E-state index is -0.963. The van der Waals surface area contributed by atoms with E-state index >= 15 is 0 Å². The van der Waals surface area contributed by atoms with Crippen molar-refractivity contribution in [1.29, 1.82) is 0 Å². The van der Waals surface area contributed by atoms with E-state index in [2.05, 4.69) is 15.6 Å². The van der Waals surface area contributed by atoms with Crippen molar-refractivity contribution in [3.05, 3.63) is 83.9 Å². The van der Waals surface area contributed by atoms with E-state index in [9.17, 15) is 14.7 Å². The van der Waals surface area contributed by atoms with E-state index < -0.39 is 11.6 Å². The molecule has 0 saturated carbocycles. The summed E-state index contributed by atoms with van der Waals surface area (Å²) in [4.78, 5) is 29.4. The maximum atomic E-state index is 14.0. The highest BCUT2D eigenvalue weighted by Crippen LogP contribution is 2.28. The number of nitrogens with zero attached hydrogens (tertiary/aromatic N) is 4. The molecule has 1 unspecified atom stereocenters. The number of phenolic OH excluding ortho intramolecular Hbond substituents is 1. The Labute approximate surface area is 222 Å². The van der Waals surface area contributed by atoms with Crippen molar-refractivity contribution in [2.24, 2.45) is 0 Å². The molecular weight excluding hydrogens is 482 g/mol. The molecule has 0 spiro atoms. The summed E-state index contributed by atoms with van der Waals surface area (Å²) in [5.41, 5.74) is 2.29. The highest BCUT2D eigenvalue weighted by Gasteiger charge is 2.34. The van der Waals surface area contributed by atoms with Crippen LogP contribution in [0.2, 0.25) is 0 Å². The van der Waals surface area contributed by atoms with Crippen LogP contribution < -0.4 is 10.1 Å². The summed E-state index contributed by atoms with van der Waals surface area (Å²) in [5, 5.41) is 21.3. The monoisotopic (exact) mass is 515 g/mol. The van der Waals surface area contributed by atoms with Crippen LogP contribution in [0.15, 0.2) is 72.8 Å². The van der Waals surface area contributed by atoms with Gasteiger partial charge in [-0.25, -0.2) is 4.68 Å². The number of methoxy groups -OCH3 is 1. The predicted molar refractivity (Wildman–Crippen MR) is 144 cm³/mol. The number of rotatable bonds is 10. The van der Waals surface area contributed by atoms with E-state index in [-0.39, 0.29) is 30.7 Å². The zero-order valence-electron chi connectivity index (χ0n) is 22.1. The summed E-state index contributed by atoms with van der Waals surface area (Å²) < 4.78 is 6.92. The molecule has 38 heavy (non-hydrogen) atoms. The van der Waals surface area contributed by atoms with Gasteiger partial charge >= 0.3 is 0 Å². The summed E-state index contributed by atoms with van der Waals surface area (Å²) in [6.45, 7) is 5.91. The second-order valence-electron chi connectivity index (χ2n) is 9.83. The van der Waals surface area contributed by atoms with Crippen molar-refractivity contribution < 1.29 is 19.4 Å². The number of aromatic hydroxyl groups is 1. The van der Waals surface area contributed by atoms with E-state index in [1.54, 1.807) is 24.1 Å². The first-order valence-corrected chi connectivity index (χ1v) is 12.5. The normalized spacial score (nSPS) is 12.2. The van der Waals surface area contributed by atoms with Gasteiger partial charge in [-0.3, -0.25) is 9.59 Å². The van der Waals surface area contributed by atoms with Crippen LogP contribution >= 0.6 is 0 Å². The predicted octanol–water partition coefficient (Wildman–Crippen LogP) is 4.22. The molecule has 1 aromatic heterocycles. The average Bonchev–Trinajstić information content (AvgIpc) is 3.32. The molecule has 4 aromatic rings. The molecule has 2 amide bonds. The van der Waals surface area contributed by atoms with Crippen LogP contribution in [-0.4, -0.2) is 49.5 Å². The van der Waals surface area contributed by atoms with E-state index in [1.165, 1.54) is 16.8 Å². The van der Waals surface area contributed by atoms with Gasteiger partial charge in [-0.05, 0) is 67.8 Å². The summed E-state index contributed by atoms with van der Waals surface area (Å²) >= 11 is 0. The third-order valence-electron chi connectivity index (χ3n) is 6.63. The standard InChI is InChI=1S/C29H33N5O4/c1-5-29(2,3)30-28(37)27(21-13-15-22(35)16-14-21)33(18-20-9-8-10-23(17-20)38-4)26(36)19-34-25-12-7-6-11-24(25)31-32-34/h6-17,27,35H,5,18-19H2,1-4H3,(H,30,37). The zero-order chi connectivity index (χ0) is 27.3. The van der Waals surface area contributed by atoms with E-state index in [0.29, 0.717) is 23.3 Å². The van der Waals surface area contributed by atoms with Crippen LogP contribution in [-0.2, 0) is 22.7 Å². The summed E-state index contributed by atoms with van der Waals surface area (Å²) in [6, 6.07) is 20.2. The molecule has 0 radical (unpaired) electrons. The number of benzene rings is 3. The van der Waals surface area contributed by atoms with E-state index in [0.717, 1.165) is 11.1 Å².